The van der Waals surface area contributed by atoms with Gasteiger partial charge in [0.2, 0.25) is 5.91 Å². The van der Waals surface area contributed by atoms with Crippen LogP contribution in [-0.4, -0.2) is 63.0 Å². The summed E-state index contributed by atoms with van der Waals surface area (Å²) < 4.78 is 7.93. The quantitative estimate of drug-likeness (QED) is 0.306. The highest BCUT2D eigenvalue weighted by Gasteiger charge is 2.28. The molecule has 0 aliphatic carbocycles. The van der Waals surface area contributed by atoms with Crippen molar-refractivity contribution in [2.75, 3.05) is 38.5 Å². The Morgan fingerprint density at radius 2 is 1.82 bits per heavy atom. The zero-order valence-electron chi connectivity index (χ0n) is 21.9. The van der Waals surface area contributed by atoms with Crippen molar-refractivity contribution in [1.29, 1.82) is 0 Å². The Morgan fingerprint density at radius 3 is 2.54 bits per heavy atom. The fourth-order valence-corrected chi connectivity index (χ4v) is 4.91. The molecule has 2 aromatic heterocycles. The van der Waals surface area contributed by atoms with Crippen molar-refractivity contribution < 1.29 is 9.53 Å². The maximum Gasteiger partial charge on any atom is 0.246 e. The van der Waals surface area contributed by atoms with Crippen LogP contribution in [0.1, 0.15) is 12.1 Å². The minimum Gasteiger partial charge on any atom is -0.457 e. The number of anilines is 1. The largest absolute Gasteiger partial charge is 0.457 e. The molecule has 8 heteroatoms. The van der Waals surface area contributed by atoms with Crippen LogP contribution in [-0.2, 0) is 11.8 Å². The number of nitrogens with two attached hydrogens (primary N) is 1. The number of para-hydroxylation sites is 1. The molecular formula is C31H30N6O2. The van der Waals surface area contributed by atoms with Crippen LogP contribution in [0, 0.1) is 17.8 Å². The van der Waals surface area contributed by atoms with Crippen molar-refractivity contribution in [2.24, 2.45) is 13.0 Å². The molecule has 0 unspecified atom stereocenters. The molecule has 2 aliphatic rings. The highest BCUT2D eigenvalue weighted by molar-refractivity contribution is 6.03. The number of likely N-dealkylation sites (tertiary alicyclic amines) is 2. The van der Waals surface area contributed by atoms with Gasteiger partial charge in [-0.3, -0.25) is 9.69 Å². The first kappa shape index (κ1) is 24.7. The fourth-order valence-electron chi connectivity index (χ4n) is 4.91. The molecule has 0 saturated carbocycles. The molecule has 196 valence electrons. The van der Waals surface area contributed by atoms with Gasteiger partial charge in [-0.15, -0.1) is 0 Å². The molecule has 4 aromatic rings. The van der Waals surface area contributed by atoms with Gasteiger partial charge < -0.3 is 19.9 Å². The van der Waals surface area contributed by atoms with E-state index in [1.165, 1.54) is 12.7 Å². The van der Waals surface area contributed by atoms with Gasteiger partial charge in [-0.2, -0.15) is 0 Å². The summed E-state index contributed by atoms with van der Waals surface area (Å²) in [7, 11) is 1.94. The number of carbonyl (C=O) groups excluding carboxylic acids is 1. The molecule has 2 aromatic carbocycles. The molecule has 0 atom stereocenters. The second-order valence-electron chi connectivity index (χ2n) is 9.95. The molecule has 2 fully saturated rings. The summed E-state index contributed by atoms with van der Waals surface area (Å²) in [5.74, 6) is 8.86. The summed E-state index contributed by atoms with van der Waals surface area (Å²) in [5.41, 5.74) is 9.72. The first-order valence-electron chi connectivity index (χ1n) is 13.2. The normalized spacial score (nSPS) is 15.6. The topological polar surface area (TPSA) is 89.5 Å². The minimum absolute atomic E-state index is 0.0553. The standard InChI is InChI=1S/C31H30N6O2/c1-35-26(15-10-22-19-37(20-22)27(38)9-5-16-36-17-6-18-36)28(29-30(32)33-21-34-31(29)35)23-11-13-25(14-12-23)39-24-7-3-2-4-8-24/h2-5,7-9,11-14,21-22H,6,16-20H2,1H3,(H2,32,33,34)/b9-5+. The summed E-state index contributed by atoms with van der Waals surface area (Å²) in [4.78, 5) is 25.3. The van der Waals surface area contributed by atoms with Gasteiger partial charge in [0.1, 0.15) is 35.0 Å². The first-order valence-corrected chi connectivity index (χ1v) is 13.2. The van der Waals surface area contributed by atoms with E-state index in [2.05, 4.69) is 26.7 Å². The lowest BCUT2D eigenvalue weighted by Crippen LogP contribution is -2.48. The molecule has 2 saturated heterocycles. The van der Waals surface area contributed by atoms with E-state index in [0.29, 0.717) is 18.9 Å². The smallest absolute Gasteiger partial charge is 0.246 e. The highest BCUT2D eigenvalue weighted by Crippen LogP contribution is 2.37. The van der Waals surface area contributed by atoms with E-state index < -0.39 is 0 Å². The van der Waals surface area contributed by atoms with Gasteiger partial charge in [-0.1, -0.05) is 42.3 Å². The van der Waals surface area contributed by atoms with Crippen molar-refractivity contribution in [3.05, 3.63) is 78.8 Å². The van der Waals surface area contributed by atoms with Crippen molar-refractivity contribution in [3.8, 4) is 34.5 Å². The highest BCUT2D eigenvalue weighted by atomic mass is 16.5. The van der Waals surface area contributed by atoms with Crippen molar-refractivity contribution in [2.45, 2.75) is 6.42 Å². The van der Waals surface area contributed by atoms with Crippen molar-refractivity contribution in [1.82, 2.24) is 24.3 Å². The molecule has 39 heavy (non-hydrogen) atoms. The van der Waals surface area contributed by atoms with Gasteiger partial charge in [0.05, 0.1) is 11.3 Å². The van der Waals surface area contributed by atoms with E-state index >= 15 is 0 Å². The van der Waals surface area contributed by atoms with E-state index in [1.54, 1.807) is 6.08 Å². The van der Waals surface area contributed by atoms with Gasteiger partial charge in [0.25, 0.3) is 0 Å². The van der Waals surface area contributed by atoms with Crippen LogP contribution in [0.4, 0.5) is 5.82 Å². The van der Waals surface area contributed by atoms with Crippen LogP contribution in [0.15, 0.2) is 73.1 Å². The number of aromatic nitrogens is 3. The van der Waals surface area contributed by atoms with Gasteiger partial charge in [0.15, 0.2) is 0 Å². The number of amides is 1. The first-order chi connectivity index (χ1) is 19.1. The number of ether oxygens (including phenoxy) is 1. The van der Waals surface area contributed by atoms with Gasteiger partial charge in [0, 0.05) is 38.3 Å². The third kappa shape index (κ3) is 5.09. The number of hydrogen-bond acceptors (Lipinski definition) is 6. The Labute approximate surface area is 227 Å². The molecular weight excluding hydrogens is 488 g/mol. The lowest BCUT2D eigenvalue weighted by atomic mass is 9.99. The second-order valence-corrected chi connectivity index (χ2v) is 9.95. The monoisotopic (exact) mass is 518 g/mol. The average molecular weight is 519 g/mol. The Bertz CT molecular complexity index is 1590. The lowest BCUT2D eigenvalue weighted by molar-refractivity contribution is -0.130. The molecule has 1 amide bonds. The molecule has 0 radical (unpaired) electrons. The average Bonchev–Trinajstić information content (AvgIpc) is 3.18. The van der Waals surface area contributed by atoms with E-state index in [4.69, 9.17) is 10.5 Å². The molecule has 6 rings (SSSR count). The number of hydrogen-bond donors (Lipinski definition) is 1. The Hall–Kier alpha value is -4.61. The summed E-state index contributed by atoms with van der Waals surface area (Å²) in [5, 5.41) is 0.777. The predicted octanol–water partition coefficient (Wildman–Crippen LogP) is 4.08. The lowest BCUT2D eigenvalue weighted by Gasteiger charge is -2.35. The SMILES string of the molecule is Cn1c(C#CC2CN(C(=O)/C=C/CN3CCC3)C2)c(-c2ccc(Oc3ccccc3)cc2)c2c(N)ncnc21. The van der Waals surface area contributed by atoms with Crippen LogP contribution >= 0.6 is 0 Å². The zero-order valence-corrected chi connectivity index (χ0v) is 21.9. The third-order valence-electron chi connectivity index (χ3n) is 7.28. The fraction of sp³-hybridized carbons (Fsp3) is 0.258. The van der Waals surface area contributed by atoms with Crippen LogP contribution in [0.5, 0.6) is 11.5 Å². The number of benzene rings is 2. The number of nitrogens with zero attached hydrogens (tertiary/aromatic N) is 5. The van der Waals surface area contributed by atoms with Crippen molar-refractivity contribution >= 4 is 22.8 Å². The third-order valence-corrected chi connectivity index (χ3v) is 7.28. The molecule has 0 spiro atoms. The minimum atomic E-state index is 0.0553. The Kier molecular flexibility index (Phi) is 6.74. The number of aryl methyl sites for hydroxylation is 1. The molecule has 0 bridgehead atoms. The Morgan fingerprint density at radius 1 is 1.08 bits per heavy atom. The van der Waals surface area contributed by atoms with Crippen LogP contribution in [0.3, 0.4) is 0 Å². The van der Waals surface area contributed by atoms with E-state index in [9.17, 15) is 4.79 Å². The van der Waals surface area contributed by atoms with E-state index in [1.807, 2.05) is 77.2 Å². The summed E-state index contributed by atoms with van der Waals surface area (Å²) >= 11 is 0. The van der Waals surface area contributed by atoms with Gasteiger partial charge >= 0.3 is 0 Å². The van der Waals surface area contributed by atoms with Gasteiger partial charge in [-0.05, 0) is 55.3 Å². The molecule has 2 aliphatic heterocycles. The second kappa shape index (κ2) is 10.6. The van der Waals surface area contributed by atoms with Gasteiger partial charge in [-0.25, -0.2) is 9.97 Å². The number of fused-ring (bicyclic) bond motifs is 1. The summed E-state index contributed by atoms with van der Waals surface area (Å²) in [6.45, 7) is 4.36. The van der Waals surface area contributed by atoms with E-state index in [0.717, 1.165) is 59.0 Å². The summed E-state index contributed by atoms with van der Waals surface area (Å²) in [6, 6.07) is 17.5. The van der Waals surface area contributed by atoms with Crippen molar-refractivity contribution in [3.63, 3.8) is 0 Å². The maximum absolute atomic E-state index is 12.5. The number of rotatable bonds is 6. The molecule has 4 heterocycles. The zero-order chi connectivity index (χ0) is 26.8. The van der Waals surface area contributed by atoms with Crippen LogP contribution < -0.4 is 10.5 Å². The van der Waals surface area contributed by atoms with Crippen LogP contribution in [0.25, 0.3) is 22.2 Å². The predicted molar refractivity (Wildman–Crippen MR) is 152 cm³/mol. The molecule has 2 N–H and O–H groups in total. The van der Waals surface area contributed by atoms with Crippen LogP contribution in [0.2, 0.25) is 0 Å². The number of carbonyl (C=O) groups is 1. The number of nitrogen functional groups attached to an aromatic ring is 1. The molecule has 8 nitrogen and oxygen atoms in total. The summed E-state index contributed by atoms with van der Waals surface area (Å²) in [6.07, 6.45) is 6.38. The maximum atomic E-state index is 12.5. The Balaban J connectivity index is 1.23. The van der Waals surface area contributed by atoms with E-state index in [-0.39, 0.29) is 11.8 Å².